The van der Waals surface area contributed by atoms with E-state index in [9.17, 15) is 4.79 Å². The van der Waals surface area contributed by atoms with Crippen molar-refractivity contribution in [3.05, 3.63) is 11.6 Å². The summed E-state index contributed by atoms with van der Waals surface area (Å²) >= 11 is 0. The van der Waals surface area contributed by atoms with Crippen LogP contribution in [0.2, 0.25) is 0 Å². The van der Waals surface area contributed by atoms with Crippen LogP contribution < -0.4 is 5.32 Å². The van der Waals surface area contributed by atoms with Crippen molar-refractivity contribution in [1.82, 2.24) is 20.1 Å². The molecule has 0 aromatic carbocycles. The number of carbonyl (C=O) groups excluding carboxylic acids is 1. The van der Waals surface area contributed by atoms with Crippen LogP contribution in [-0.4, -0.2) is 20.7 Å². The summed E-state index contributed by atoms with van der Waals surface area (Å²) in [6.45, 7) is 1.53. The van der Waals surface area contributed by atoms with Crippen LogP contribution in [0, 0.1) is 17.8 Å². The highest BCUT2D eigenvalue weighted by Crippen LogP contribution is 2.49. The van der Waals surface area contributed by atoms with E-state index in [2.05, 4.69) is 20.1 Å². The van der Waals surface area contributed by atoms with Crippen molar-refractivity contribution in [2.24, 2.45) is 17.8 Å². The Bertz CT molecular complexity index is 553. The van der Waals surface area contributed by atoms with Gasteiger partial charge >= 0.3 is 0 Å². The number of carbonyl (C=O) groups is 1. The SMILES string of the molecule is O=C(CC1CC2CCC1C2)NCc1nnc2n1CCCCC2. The van der Waals surface area contributed by atoms with Crippen LogP contribution in [0.25, 0.3) is 0 Å². The van der Waals surface area contributed by atoms with Crippen LogP contribution in [0.3, 0.4) is 0 Å². The standard InChI is InChI=1S/C17H26N4O/c22-17(10-14-9-12-5-6-13(14)8-12)18-11-16-20-19-15-4-2-1-3-7-21(15)16/h12-14H,1-11H2,(H,18,22). The number of aryl methyl sites for hydroxylation is 1. The van der Waals surface area contributed by atoms with Crippen molar-refractivity contribution >= 4 is 5.91 Å². The second kappa shape index (κ2) is 6.01. The predicted octanol–water partition coefficient (Wildman–Crippen LogP) is 2.45. The smallest absolute Gasteiger partial charge is 0.220 e. The molecule has 5 heteroatoms. The molecular weight excluding hydrogens is 276 g/mol. The van der Waals surface area contributed by atoms with Gasteiger partial charge in [-0.05, 0) is 49.9 Å². The lowest BCUT2D eigenvalue weighted by Crippen LogP contribution is -2.28. The first-order valence-electron chi connectivity index (χ1n) is 8.97. The number of hydrogen-bond acceptors (Lipinski definition) is 3. The van der Waals surface area contributed by atoms with Crippen molar-refractivity contribution in [3.63, 3.8) is 0 Å². The molecule has 22 heavy (non-hydrogen) atoms. The van der Waals surface area contributed by atoms with Crippen LogP contribution in [0.5, 0.6) is 0 Å². The summed E-state index contributed by atoms with van der Waals surface area (Å²) in [4.78, 5) is 12.2. The van der Waals surface area contributed by atoms with E-state index in [-0.39, 0.29) is 5.91 Å². The topological polar surface area (TPSA) is 59.8 Å². The number of nitrogens with zero attached hydrogens (tertiary/aromatic N) is 3. The van der Waals surface area contributed by atoms with Gasteiger partial charge in [-0.2, -0.15) is 0 Å². The van der Waals surface area contributed by atoms with Crippen molar-refractivity contribution in [2.45, 2.75) is 70.9 Å². The van der Waals surface area contributed by atoms with Gasteiger partial charge in [0.2, 0.25) is 5.91 Å². The lowest BCUT2D eigenvalue weighted by atomic mass is 9.86. The zero-order valence-corrected chi connectivity index (χ0v) is 13.3. The number of amides is 1. The molecule has 1 aliphatic heterocycles. The first-order valence-corrected chi connectivity index (χ1v) is 8.97. The van der Waals surface area contributed by atoms with Crippen LogP contribution in [-0.2, 0) is 24.3 Å². The molecule has 3 atom stereocenters. The number of rotatable bonds is 4. The fourth-order valence-electron chi connectivity index (χ4n) is 4.79. The lowest BCUT2D eigenvalue weighted by molar-refractivity contribution is -0.122. The molecule has 120 valence electrons. The minimum atomic E-state index is 0.198. The van der Waals surface area contributed by atoms with Crippen molar-refractivity contribution in [3.8, 4) is 0 Å². The molecule has 1 N–H and O–H groups in total. The number of hydrogen-bond donors (Lipinski definition) is 1. The maximum atomic E-state index is 12.2. The molecule has 2 saturated carbocycles. The van der Waals surface area contributed by atoms with Gasteiger partial charge in [0.25, 0.3) is 0 Å². The van der Waals surface area contributed by atoms with Crippen LogP contribution >= 0.6 is 0 Å². The molecule has 0 spiro atoms. The highest BCUT2D eigenvalue weighted by molar-refractivity contribution is 5.76. The Balaban J connectivity index is 1.31. The molecule has 0 radical (unpaired) electrons. The average Bonchev–Trinajstić information content (AvgIpc) is 3.18. The van der Waals surface area contributed by atoms with Gasteiger partial charge in [-0.3, -0.25) is 4.79 Å². The second-order valence-corrected chi connectivity index (χ2v) is 7.41. The number of fused-ring (bicyclic) bond motifs is 3. The summed E-state index contributed by atoms with van der Waals surface area (Å²) in [6, 6.07) is 0. The van der Waals surface area contributed by atoms with Gasteiger partial charge in [0.1, 0.15) is 5.82 Å². The van der Waals surface area contributed by atoms with Crippen LogP contribution in [0.4, 0.5) is 0 Å². The minimum absolute atomic E-state index is 0.198. The molecule has 3 unspecified atom stereocenters. The first kappa shape index (κ1) is 14.2. The molecule has 1 amide bonds. The molecule has 2 fully saturated rings. The van der Waals surface area contributed by atoms with E-state index < -0.39 is 0 Å². The Morgan fingerprint density at radius 3 is 2.95 bits per heavy atom. The monoisotopic (exact) mass is 302 g/mol. The van der Waals surface area contributed by atoms with E-state index >= 15 is 0 Å². The molecule has 2 aliphatic carbocycles. The van der Waals surface area contributed by atoms with Gasteiger partial charge in [-0.1, -0.05) is 12.8 Å². The van der Waals surface area contributed by atoms with E-state index in [0.717, 1.165) is 36.5 Å². The Kier molecular flexibility index (Phi) is 3.89. The zero-order valence-electron chi connectivity index (χ0n) is 13.3. The van der Waals surface area contributed by atoms with E-state index in [0.29, 0.717) is 18.9 Å². The molecule has 1 aromatic rings. The third kappa shape index (κ3) is 2.77. The summed E-state index contributed by atoms with van der Waals surface area (Å²) < 4.78 is 2.21. The Hall–Kier alpha value is -1.39. The van der Waals surface area contributed by atoms with E-state index in [4.69, 9.17) is 0 Å². The number of aromatic nitrogens is 3. The Morgan fingerprint density at radius 2 is 2.14 bits per heavy atom. The second-order valence-electron chi connectivity index (χ2n) is 7.41. The molecule has 2 bridgehead atoms. The Labute approximate surface area is 131 Å². The van der Waals surface area contributed by atoms with E-state index in [1.807, 2.05) is 0 Å². The fraction of sp³-hybridized carbons (Fsp3) is 0.824. The summed E-state index contributed by atoms with van der Waals surface area (Å²) in [5.74, 6) is 4.58. The van der Waals surface area contributed by atoms with Gasteiger partial charge < -0.3 is 9.88 Å². The van der Waals surface area contributed by atoms with Gasteiger partial charge in [0.15, 0.2) is 5.82 Å². The van der Waals surface area contributed by atoms with Gasteiger partial charge in [0, 0.05) is 19.4 Å². The minimum Gasteiger partial charge on any atom is -0.349 e. The first-order chi connectivity index (χ1) is 10.8. The van der Waals surface area contributed by atoms with Crippen molar-refractivity contribution in [1.29, 1.82) is 0 Å². The molecule has 3 aliphatic rings. The van der Waals surface area contributed by atoms with Crippen molar-refractivity contribution in [2.75, 3.05) is 0 Å². The summed E-state index contributed by atoms with van der Waals surface area (Å²) in [5, 5.41) is 11.7. The molecule has 4 rings (SSSR count). The molecule has 0 saturated heterocycles. The summed E-state index contributed by atoms with van der Waals surface area (Å²) in [5.41, 5.74) is 0. The summed E-state index contributed by atoms with van der Waals surface area (Å²) in [6.07, 6.45) is 10.8. The van der Waals surface area contributed by atoms with Crippen LogP contribution in [0.15, 0.2) is 0 Å². The largest absolute Gasteiger partial charge is 0.349 e. The van der Waals surface area contributed by atoms with Gasteiger partial charge in [-0.25, -0.2) is 0 Å². The van der Waals surface area contributed by atoms with Crippen LogP contribution in [0.1, 0.15) is 63.0 Å². The van der Waals surface area contributed by atoms with Gasteiger partial charge in [-0.15, -0.1) is 10.2 Å². The summed E-state index contributed by atoms with van der Waals surface area (Å²) in [7, 11) is 0. The molecule has 1 aromatic heterocycles. The average molecular weight is 302 g/mol. The third-order valence-electron chi connectivity index (χ3n) is 5.96. The maximum Gasteiger partial charge on any atom is 0.220 e. The number of nitrogens with one attached hydrogen (secondary N) is 1. The highest BCUT2D eigenvalue weighted by atomic mass is 16.1. The molecule has 5 nitrogen and oxygen atoms in total. The predicted molar refractivity (Wildman–Crippen MR) is 83.0 cm³/mol. The van der Waals surface area contributed by atoms with Crippen molar-refractivity contribution < 1.29 is 4.79 Å². The highest BCUT2D eigenvalue weighted by Gasteiger charge is 2.40. The fourth-order valence-corrected chi connectivity index (χ4v) is 4.79. The molecular formula is C17H26N4O. The lowest BCUT2D eigenvalue weighted by Gasteiger charge is -2.20. The molecule has 2 heterocycles. The third-order valence-corrected chi connectivity index (χ3v) is 5.96. The normalized spacial score (nSPS) is 30.1. The zero-order chi connectivity index (χ0) is 14.9. The van der Waals surface area contributed by atoms with Gasteiger partial charge in [0.05, 0.1) is 6.54 Å². The van der Waals surface area contributed by atoms with E-state index in [1.54, 1.807) is 0 Å². The maximum absolute atomic E-state index is 12.2. The quantitative estimate of drug-likeness (QED) is 0.929. The van der Waals surface area contributed by atoms with E-state index in [1.165, 1.54) is 44.9 Å². The Morgan fingerprint density at radius 1 is 1.18 bits per heavy atom.